The van der Waals surface area contributed by atoms with Crippen LogP contribution in [0.2, 0.25) is 0 Å². The first-order valence-electron chi connectivity index (χ1n) is 7.14. The van der Waals surface area contributed by atoms with Crippen molar-refractivity contribution in [3.8, 4) is 5.75 Å². The van der Waals surface area contributed by atoms with Gasteiger partial charge in [-0.2, -0.15) is 0 Å². The summed E-state index contributed by atoms with van der Waals surface area (Å²) in [5.74, 6) is 0.864. The topological polar surface area (TPSA) is 41.5 Å². The molecule has 0 radical (unpaired) electrons. The molecule has 0 saturated carbocycles. The molecule has 2 N–H and O–H groups in total. The number of rotatable bonds is 8. The van der Waals surface area contributed by atoms with Gasteiger partial charge in [0.2, 0.25) is 0 Å². The molecule has 0 spiro atoms. The Morgan fingerprint density at radius 3 is 2.68 bits per heavy atom. The average molecular weight is 265 g/mol. The Labute approximate surface area is 117 Å². The Hall–Kier alpha value is -1.06. The van der Waals surface area contributed by atoms with E-state index in [1.807, 2.05) is 19.1 Å². The second-order valence-electron chi connectivity index (χ2n) is 5.43. The minimum Gasteiger partial charge on any atom is -0.490 e. The van der Waals surface area contributed by atoms with Crippen LogP contribution in [0.25, 0.3) is 0 Å². The van der Waals surface area contributed by atoms with Crippen molar-refractivity contribution >= 4 is 0 Å². The molecule has 0 amide bonds. The molecule has 1 rings (SSSR count). The highest BCUT2D eigenvalue weighted by Crippen LogP contribution is 2.22. The van der Waals surface area contributed by atoms with Crippen LogP contribution < -0.4 is 10.1 Å². The molecular weight excluding hydrogens is 238 g/mol. The Morgan fingerprint density at radius 2 is 2.05 bits per heavy atom. The highest BCUT2D eigenvalue weighted by Gasteiger charge is 2.19. The number of aryl methyl sites for hydroxylation is 1. The van der Waals surface area contributed by atoms with E-state index in [1.54, 1.807) is 6.92 Å². The van der Waals surface area contributed by atoms with Gasteiger partial charge < -0.3 is 15.2 Å². The van der Waals surface area contributed by atoms with E-state index < -0.39 is 5.60 Å². The molecule has 1 atom stereocenters. The second-order valence-corrected chi connectivity index (χ2v) is 5.43. The van der Waals surface area contributed by atoms with Crippen molar-refractivity contribution in [3.05, 3.63) is 29.3 Å². The smallest absolute Gasteiger partial charge is 0.123 e. The van der Waals surface area contributed by atoms with E-state index in [0.29, 0.717) is 13.0 Å². The molecule has 0 fully saturated rings. The standard InChI is InChI=1S/C16H27NO2/c1-5-9-17-11-14-10-13(3)7-8-15(14)19-12-16(4,18)6-2/h7-8,10,17-18H,5-6,9,11-12H2,1-4H3. The minimum absolute atomic E-state index is 0.327. The zero-order valence-electron chi connectivity index (χ0n) is 12.6. The van der Waals surface area contributed by atoms with Gasteiger partial charge in [0.1, 0.15) is 12.4 Å². The number of hydrogen-bond acceptors (Lipinski definition) is 3. The van der Waals surface area contributed by atoms with Crippen LogP contribution in [0.3, 0.4) is 0 Å². The van der Waals surface area contributed by atoms with Crippen molar-refractivity contribution in [2.24, 2.45) is 0 Å². The molecule has 0 aromatic heterocycles. The van der Waals surface area contributed by atoms with Gasteiger partial charge in [-0.05, 0) is 39.3 Å². The second kappa shape index (κ2) is 7.51. The van der Waals surface area contributed by atoms with Crippen LogP contribution in [0.15, 0.2) is 18.2 Å². The summed E-state index contributed by atoms with van der Waals surface area (Å²) in [4.78, 5) is 0. The van der Waals surface area contributed by atoms with Gasteiger partial charge in [-0.1, -0.05) is 31.5 Å². The first kappa shape index (κ1) is 16.0. The van der Waals surface area contributed by atoms with E-state index in [-0.39, 0.29) is 0 Å². The van der Waals surface area contributed by atoms with Crippen molar-refractivity contribution < 1.29 is 9.84 Å². The largest absolute Gasteiger partial charge is 0.490 e. The van der Waals surface area contributed by atoms with Gasteiger partial charge in [0.05, 0.1) is 5.60 Å². The van der Waals surface area contributed by atoms with Crippen LogP contribution in [-0.2, 0) is 6.54 Å². The first-order valence-corrected chi connectivity index (χ1v) is 7.14. The third-order valence-corrected chi connectivity index (χ3v) is 3.26. The van der Waals surface area contributed by atoms with Gasteiger partial charge in [-0.25, -0.2) is 0 Å². The Balaban J connectivity index is 2.70. The summed E-state index contributed by atoms with van der Waals surface area (Å²) in [5.41, 5.74) is 1.61. The van der Waals surface area contributed by atoms with Crippen molar-refractivity contribution in [2.75, 3.05) is 13.2 Å². The Kier molecular flexibility index (Phi) is 6.32. The summed E-state index contributed by atoms with van der Waals surface area (Å²) >= 11 is 0. The molecule has 3 heteroatoms. The van der Waals surface area contributed by atoms with Crippen molar-refractivity contribution in [1.29, 1.82) is 0 Å². The van der Waals surface area contributed by atoms with Crippen molar-refractivity contribution in [3.63, 3.8) is 0 Å². The van der Waals surface area contributed by atoms with Gasteiger partial charge in [-0.15, -0.1) is 0 Å². The average Bonchev–Trinajstić information content (AvgIpc) is 2.38. The number of nitrogens with one attached hydrogen (secondary N) is 1. The molecule has 1 aromatic carbocycles. The highest BCUT2D eigenvalue weighted by molar-refractivity contribution is 5.36. The van der Waals surface area contributed by atoms with Gasteiger partial charge in [-0.3, -0.25) is 0 Å². The third kappa shape index (κ3) is 5.62. The van der Waals surface area contributed by atoms with Gasteiger partial charge in [0.15, 0.2) is 0 Å². The zero-order chi connectivity index (χ0) is 14.3. The van der Waals surface area contributed by atoms with Gasteiger partial charge >= 0.3 is 0 Å². The van der Waals surface area contributed by atoms with E-state index in [2.05, 4.69) is 25.2 Å². The van der Waals surface area contributed by atoms with E-state index in [4.69, 9.17) is 4.74 Å². The van der Waals surface area contributed by atoms with Crippen LogP contribution in [0.1, 0.15) is 44.7 Å². The number of aliphatic hydroxyl groups is 1. The molecule has 0 saturated heterocycles. The zero-order valence-corrected chi connectivity index (χ0v) is 12.6. The Bertz CT molecular complexity index is 388. The monoisotopic (exact) mass is 265 g/mol. The van der Waals surface area contributed by atoms with Gasteiger partial charge in [0.25, 0.3) is 0 Å². The van der Waals surface area contributed by atoms with Crippen LogP contribution in [0.4, 0.5) is 0 Å². The molecule has 19 heavy (non-hydrogen) atoms. The lowest BCUT2D eigenvalue weighted by atomic mass is 10.1. The van der Waals surface area contributed by atoms with Crippen molar-refractivity contribution in [2.45, 2.75) is 52.7 Å². The first-order chi connectivity index (χ1) is 8.98. The normalized spacial score (nSPS) is 14.2. The lowest BCUT2D eigenvalue weighted by Crippen LogP contribution is -2.31. The molecule has 3 nitrogen and oxygen atoms in total. The van der Waals surface area contributed by atoms with Gasteiger partial charge in [0, 0.05) is 12.1 Å². The van der Waals surface area contributed by atoms with E-state index in [0.717, 1.165) is 30.8 Å². The molecular formula is C16H27NO2. The van der Waals surface area contributed by atoms with E-state index in [9.17, 15) is 5.11 Å². The summed E-state index contributed by atoms with van der Waals surface area (Å²) in [6.07, 6.45) is 1.80. The maximum Gasteiger partial charge on any atom is 0.123 e. The molecule has 108 valence electrons. The fraction of sp³-hybridized carbons (Fsp3) is 0.625. The molecule has 0 aliphatic carbocycles. The molecule has 0 bridgehead atoms. The predicted octanol–water partition coefficient (Wildman–Crippen LogP) is 3.03. The SMILES string of the molecule is CCCNCc1cc(C)ccc1OCC(C)(O)CC. The predicted molar refractivity (Wildman–Crippen MR) is 79.6 cm³/mol. The molecule has 0 aliphatic heterocycles. The molecule has 0 aliphatic rings. The quantitative estimate of drug-likeness (QED) is 0.710. The molecule has 1 unspecified atom stereocenters. The molecule has 0 heterocycles. The van der Waals surface area contributed by atoms with Crippen molar-refractivity contribution in [1.82, 2.24) is 5.32 Å². The Morgan fingerprint density at radius 1 is 1.32 bits per heavy atom. The lowest BCUT2D eigenvalue weighted by Gasteiger charge is -2.22. The lowest BCUT2D eigenvalue weighted by molar-refractivity contribution is 0.00816. The molecule has 1 aromatic rings. The van der Waals surface area contributed by atoms with E-state index >= 15 is 0 Å². The summed E-state index contributed by atoms with van der Waals surface area (Å²) in [6.45, 7) is 10.1. The van der Waals surface area contributed by atoms with Crippen LogP contribution in [0, 0.1) is 6.92 Å². The van der Waals surface area contributed by atoms with E-state index in [1.165, 1.54) is 5.56 Å². The fourth-order valence-corrected chi connectivity index (χ4v) is 1.72. The number of hydrogen-bond donors (Lipinski definition) is 2. The fourth-order valence-electron chi connectivity index (χ4n) is 1.72. The van der Waals surface area contributed by atoms with Crippen LogP contribution >= 0.6 is 0 Å². The van der Waals surface area contributed by atoms with Crippen LogP contribution in [-0.4, -0.2) is 23.9 Å². The third-order valence-electron chi connectivity index (χ3n) is 3.26. The van der Waals surface area contributed by atoms with Crippen LogP contribution in [0.5, 0.6) is 5.75 Å². The summed E-state index contributed by atoms with van der Waals surface area (Å²) < 4.78 is 5.79. The maximum atomic E-state index is 10.0. The summed E-state index contributed by atoms with van der Waals surface area (Å²) in [7, 11) is 0. The number of ether oxygens (including phenoxy) is 1. The summed E-state index contributed by atoms with van der Waals surface area (Å²) in [5, 5.41) is 13.4. The maximum absolute atomic E-state index is 10.0. The summed E-state index contributed by atoms with van der Waals surface area (Å²) in [6, 6.07) is 6.17. The highest BCUT2D eigenvalue weighted by atomic mass is 16.5. The number of benzene rings is 1. The minimum atomic E-state index is -0.765.